The molecule has 0 saturated heterocycles. The molecule has 0 aliphatic heterocycles. The Morgan fingerprint density at radius 3 is 1.44 bits per heavy atom. The smallest absolute Gasteiger partial charge is 0.164 e. The van der Waals surface area contributed by atoms with Crippen LogP contribution in [0.5, 0.6) is 0 Å². The maximum atomic E-state index is 10.0. The van der Waals surface area contributed by atoms with Gasteiger partial charge in [0, 0.05) is 69.8 Å². The number of allylic oxidation sites excluding steroid dienone is 2. The van der Waals surface area contributed by atoms with E-state index < -0.39 is 0 Å². The number of aliphatic hydroxyl groups excluding tert-OH is 1. The van der Waals surface area contributed by atoms with Gasteiger partial charge in [-0.2, -0.15) is 0 Å². The van der Waals surface area contributed by atoms with E-state index in [9.17, 15) is 4.79 Å². The maximum Gasteiger partial charge on any atom is 0.164 e. The van der Waals surface area contributed by atoms with Crippen molar-refractivity contribution < 1.29 is 50.1 Å². The average molecular weight is 1120 g/mol. The molecule has 9 rings (SSSR count). The number of benzene rings is 6. The van der Waals surface area contributed by atoms with E-state index in [-0.39, 0.29) is 51.8 Å². The predicted molar refractivity (Wildman–Crippen MR) is 229 cm³/mol. The first-order valence-corrected chi connectivity index (χ1v) is 18.3. The number of fused-ring (bicyclic) bond motifs is 2. The fourth-order valence-corrected chi connectivity index (χ4v) is 6.18. The van der Waals surface area contributed by atoms with Crippen LogP contribution in [0.4, 0.5) is 0 Å². The van der Waals surface area contributed by atoms with Crippen LogP contribution in [-0.2, 0) is 45.0 Å². The van der Waals surface area contributed by atoms with Gasteiger partial charge in [0.25, 0.3) is 0 Å². The summed E-state index contributed by atoms with van der Waals surface area (Å²) in [5, 5.41) is 13.0. The summed E-state index contributed by atoms with van der Waals surface area (Å²) in [6, 6.07) is 61.0. The molecule has 294 valence electrons. The molecule has 3 heterocycles. The van der Waals surface area contributed by atoms with Crippen LogP contribution in [-0.4, -0.2) is 35.8 Å². The van der Waals surface area contributed by atoms with Crippen molar-refractivity contribution in [3.63, 3.8) is 0 Å². The van der Waals surface area contributed by atoms with E-state index in [4.69, 9.17) is 20.1 Å². The molecule has 6 aromatic carbocycles. The minimum atomic E-state index is -0.125. The van der Waals surface area contributed by atoms with Gasteiger partial charge in [0.05, 0.1) is 5.76 Å². The van der Waals surface area contributed by atoms with Gasteiger partial charge in [-0.15, -0.1) is 65.7 Å². The zero-order chi connectivity index (χ0) is 39.4. The largest absolute Gasteiger partial charge is 0.512 e. The topological polar surface area (TPSA) is 102 Å². The van der Waals surface area contributed by atoms with Crippen molar-refractivity contribution >= 4 is 27.3 Å². The Labute approximate surface area is 370 Å². The third-order valence-corrected chi connectivity index (χ3v) is 8.74. The number of pyridine rings is 2. The van der Waals surface area contributed by atoms with Gasteiger partial charge < -0.3 is 15.1 Å². The molecule has 0 bridgehead atoms. The molecule has 0 unspecified atom stereocenters. The summed E-state index contributed by atoms with van der Waals surface area (Å²) in [4.78, 5) is 33.6. The summed E-state index contributed by atoms with van der Waals surface area (Å²) in [5.74, 6) is 1.83. The Bertz CT molecular complexity index is 2730. The van der Waals surface area contributed by atoms with Crippen molar-refractivity contribution in [1.82, 2.24) is 24.9 Å². The Hall–Kier alpha value is -6.34. The van der Waals surface area contributed by atoms with Crippen LogP contribution < -0.4 is 0 Å². The van der Waals surface area contributed by atoms with Gasteiger partial charge in [0.15, 0.2) is 17.4 Å². The van der Waals surface area contributed by atoms with E-state index >= 15 is 0 Å². The number of hydrogen-bond donors (Lipinski definition) is 1. The van der Waals surface area contributed by atoms with E-state index in [2.05, 4.69) is 46.4 Å². The Balaban J connectivity index is 0.000000220. The summed E-state index contributed by atoms with van der Waals surface area (Å²) in [6.07, 6.45) is 4.85. The summed E-state index contributed by atoms with van der Waals surface area (Å²) >= 11 is 0. The van der Waals surface area contributed by atoms with E-state index in [1.54, 1.807) is 0 Å². The molecule has 0 spiro atoms. The van der Waals surface area contributed by atoms with Crippen molar-refractivity contribution in [3.8, 4) is 56.7 Å². The molecule has 7 nitrogen and oxygen atoms in total. The van der Waals surface area contributed by atoms with E-state index in [0.717, 1.165) is 50.0 Å². The number of carbonyl (C=O) groups excluding carboxylic acids is 1. The van der Waals surface area contributed by atoms with Gasteiger partial charge in [0.2, 0.25) is 0 Å². The Morgan fingerprint density at radius 1 is 0.508 bits per heavy atom. The van der Waals surface area contributed by atoms with Crippen LogP contribution in [0.15, 0.2) is 188 Å². The van der Waals surface area contributed by atoms with Gasteiger partial charge in [-0.1, -0.05) is 115 Å². The molecule has 2 radical (unpaired) electrons. The van der Waals surface area contributed by atoms with Crippen LogP contribution in [0.1, 0.15) is 13.8 Å². The molecule has 0 amide bonds. The number of aromatic nitrogens is 5. The second-order valence-electron chi connectivity index (χ2n) is 13.0. The number of rotatable bonds is 6. The zero-order valence-corrected chi connectivity index (χ0v) is 36.9. The van der Waals surface area contributed by atoms with Crippen molar-refractivity contribution in [3.05, 3.63) is 200 Å². The minimum Gasteiger partial charge on any atom is -0.512 e. The molecule has 0 aliphatic carbocycles. The van der Waals surface area contributed by atoms with Crippen LogP contribution in [0.25, 0.3) is 78.2 Å². The second kappa shape index (κ2) is 21.4. The van der Waals surface area contributed by atoms with Gasteiger partial charge in [-0.05, 0) is 58.9 Å². The van der Waals surface area contributed by atoms with E-state index in [1.807, 2.05) is 152 Å². The molecule has 9 heteroatoms. The van der Waals surface area contributed by atoms with Crippen molar-refractivity contribution in [1.29, 1.82) is 0 Å². The molecule has 3 aromatic heterocycles. The van der Waals surface area contributed by atoms with Crippen LogP contribution >= 0.6 is 0 Å². The van der Waals surface area contributed by atoms with Crippen LogP contribution in [0.2, 0.25) is 0 Å². The number of nitrogens with zero attached hydrogens (tertiary/aromatic N) is 5. The summed E-state index contributed by atoms with van der Waals surface area (Å²) in [5.41, 5.74) is 6.61. The summed E-state index contributed by atoms with van der Waals surface area (Å²) in [7, 11) is 0. The van der Waals surface area contributed by atoms with E-state index in [1.165, 1.54) is 30.7 Å². The van der Waals surface area contributed by atoms with Gasteiger partial charge in [-0.3, -0.25) is 4.79 Å². The van der Waals surface area contributed by atoms with Gasteiger partial charge in [0.1, 0.15) is 5.82 Å². The van der Waals surface area contributed by atoms with Crippen LogP contribution in [0.3, 0.4) is 0 Å². The molecular formula is C50H37Ir2N5O2-2. The number of aliphatic hydroxyl groups is 1. The second-order valence-corrected chi connectivity index (χ2v) is 13.0. The normalized spacial score (nSPS) is 10.5. The molecule has 0 fully saturated rings. The molecule has 0 aliphatic rings. The molecule has 9 aromatic rings. The standard InChI is InChI=1S/C30H19N4.C15H10N.C5H8O2.2Ir/c1-3-11-22(12-4-1)28-32-29(23-13-5-2-6-14-23)34-30(33-28)25-16-9-15-24(20-25)27-26-17-8-7-10-21(26)18-19-31-27;1-2-7-13(8-3-1)15-14-9-5-4-6-12(14)10-11-16-15;1-4(6)3-5(2)7;;/h1-14,16-20H;1-7,9-11H;3,6H,1-2H3;;/q2*-1;;;. The third-order valence-electron chi connectivity index (χ3n) is 8.74. The van der Waals surface area contributed by atoms with Crippen molar-refractivity contribution in [2.45, 2.75) is 13.8 Å². The molecule has 0 saturated carbocycles. The molecular weight excluding hydrogens is 1090 g/mol. The number of hydrogen-bond acceptors (Lipinski definition) is 7. The fraction of sp³-hybridized carbons (Fsp3) is 0.0400. The quantitative estimate of drug-likeness (QED) is 0.101. The fourth-order valence-electron chi connectivity index (χ4n) is 6.18. The first-order valence-electron chi connectivity index (χ1n) is 18.3. The van der Waals surface area contributed by atoms with Crippen molar-refractivity contribution in [2.24, 2.45) is 0 Å². The minimum absolute atomic E-state index is 0. The number of carbonyl (C=O) groups is 1. The first kappa shape index (κ1) is 43.8. The number of ketones is 1. The molecule has 59 heavy (non-hydrogen) atoms. The predicted octanol–water partition coefficient (Wildman–Crippen LogP) is 11.6. The Morgan fingerprint density at radius 2 is 0.966 bits per heavy atom. The SMILES string of the molecule is CC(=O)C=C(C)O.[Ir].[Ir].[c-]1ccc(-c2nc(-c3ccccc3)nc(-c3ccccc3)n2)cc1-c1nccc2ccccc12.[c-]1ccccc1-c1nccc2ccccc12. The third kappa shape index (κ3) is 11.4. The maximum absolute atomic E-state index is 10.0. The molecule has 0 atom stereocenters. The first-order chi connectivity index (χ1) is 27.9. The molecule has 1 N–H and O–H groups in total. The van der Waals surface area contributed by atoms with Crippen molar-refractivity contribution in [2.75, 3.05) is 0 Å². The summed E-state index contributed by atoms with van der Waals surface area (Å²) in [6.45, 7) is 2.85. The Kier molecular flexibility index (Phi) is 15.9. The average Bonchev–Trinajstić information content (AvgIpc) is 3.27. The summed E-state index contributed by atoms with van der Waals surface area (Å²) < 4.78 is 0. The van der Waals surface area contributed by atoms with Crippen LogP contribution in [0, 0.1) is 12.1 Å². The van der Waals surface area contributed by atoms with E-state index in [0.29, 0.717) is 17.5 Å². The monoisotopic (exact) mass is 1130 g/mol. The van der Waals surface area contributed by atoms with Gasteiger partial charge >= 0.3 is 0 Å². The van der Waals surface area contributed by atoms with Gasteiger partial charge in [-0.25, -0.2) is 15.0 Å². The zero-order valence-electron chi connectivity index (χ0n) is 32.1.